The Balaban J connectivity index is 1.28. The number of aromatic nitrogens is 5. The number of benzene rings is 1. The number of rotatable bonds is 6. The molecule has 1 fully saturated rings. The van der Waals surface area contributed by atoms with Crippen LogP contribution in [0.25, 0.3) is 10.9 Å². The molecule has 5 rings (SSSR count). The number of amides is 2. The number of carbonyl (C=O) groups is 2. The second-order valence-electron chi connectivity index (χ2n) is 8.22. The highest BCUT2D eigenvalue weighted by Crippen LogP contribution is 2.30. The monoisotopic (exact) mass is 482 g/mol. The van der Waals surface area contributed by atoms with Crippen molar-refractivity contribution in [1.82, 2.24) is 29.9 Å². The fourth-order valence-corrected chi connectivity index (χ4v) is 4.72. The van der Waals surface area contributed by atoms with Crippen LogP contribution < -0.4 is 10.6 Å². The second-order valence-corrected chi connectivity index (χ2v) is 9.25. The van der Waals surface area contributed by atoms with Crippen LogP contribution in [0.4, 0.5) is 21.0 Å². The van der Waals surface area contributed by atoms with Crippen molar-refractivity contribution in [2.24, 2.45) is 0 Å². The Labute approximate surface area is 198 Å². The van der Waals surface area contributed by atoms with Gasteiger partial charge in [0.1, 0.15) is 17.2 Å². The molecule has 0 saturated carbocycles. The first-order valence-corrected chi connectivity index (χ1v) is 11.7. The lowest BCUT2D eigenvalue weighted by Gasteiger charge is -2.14. The van der Waals surface area contributed by atoms with Gasteiger partial charge in [0.15, 0.2) is 10.9 Å². The molecule has 1 aliphatic rings. The summed E-state index contributed by atoms with van der Waals surface area (Å²) >= 11 is 1.12. The number of carbonyl (C=O) groups excluding carboxylic acids is 2. The van der Waals surface area contributed by atoms with Crippen molar-refractivity contribution in [3.63, 3.8) is 0 Å². The van der Waals surface area contributed by atoms with Crippen molar-refractivity contribution in [3.05, 3.63) is 46.5 Å². The predicted octanol–water partition coefficient (Wildman–Crippen LogP) is 3.59. The third-order valence-corrected chi connectivity index (χ3v) is 6.66. The van der Waals surface area contributed by atoms with Gasteiger partial charge in [-0.1, -0.05) is 11.3 Å². The van der Waals surface area contributed by atoms with Crippen molar-refractivity contribution >= 4 is 50.7 Å². The Hall–Kier alpha value is -3.80. The predicted molar refractivity (Wildman–Crippen MR) is 127 cm³/mol. The van der Waals surface area contributed by atoms with Crippen LogP contribution in [0.3, 0.4) is 0 Å². The average Bonchev–Trinajstić information content (AvgIpc) is 3.60. The molecule has 10 nitrogen and oxygen atoms in total. The van der Waals surface area contributed by atoms with E-state index in [9.17, 15) is 14.0 Å². The first-order valence-electron chi connectivity index (χ1n) is 10.9. The molecule has 0 bridgehead atoms. The molecule has 4 aromatic rings. The van der Waals surface area contributed by atoms with E-state index < -0.39 is 11.7 Å². The van der Waals surface area contributed by atoms with Gasteiger partial charge in [0.05, 0.1) is 17.4 Å². The van der Waals surface area contributed by atoms with E-state index in [4.69, 9.17) is 0 Å². The van der Waals surface area contributed by atoms with Crippen LogP contribution >= 0.6 is 11.3 Å². The summed E-state index contributed by atoms with van der Waals surface area (Å²) in [4.78, 5) is 31.6. The van der Waals surface area contributed by atoms with E-state index in [1.807, 2.05) is 11.8 Å². The number of thiazole rings is 1. The maximum Gasteiger partial charge on any atom is 0.267 e. The van der Waals surface area contributed by atoms with E-state index in [0.29, 0.717) is 32.4 Å². The number of aromatic amines is 1. The number of nitrogens with zero attached hydrogens (tertiary/aromatic N) is 5. The fraction of sp³-hybridized carbons (Fsp3) is 0.318. The van der Waals surface area contributed by atoms with Crippen LogP contribution in [0, 0.1) is 19.7 Å². The number of aryl methyl sites for hydroxylation is 2. The van der Waals surface area contributed by atoms with E-state index in [-0.39, 0.29) is 18.1 Å². The Bertz CT molecular complexity index is 1380. The summed E-state index contributed by atoms with van der Waals surface area (Å²) in [5.41, 5.74) is 2.15. The zero-order valence-electron chi connectivity index (χ0n) is 18.7. The molecule has 0 spiro atoms. The van der Waals surface area contributed by atoms with E-state index in [2.05, 4.69) is 30.9 Å². The van der Waals surface area contributed by atoms with Crippen LogP contribution in [-0.2, 0) is 11.3 Å². The van der Waals surface area contributed by atoms with Gasteiger partial charge in [-0.2, -0.15) is 10.2 Å². The van der Waals surface area contributed by atoms with Gasteiger partial charge >= 0.3 is 0 Å². The standard InChI is InChI=1S/C22H23FN8O2S/c1-12-10-31(11-17(32)30-7-3-4-8-30)29-20(12)26-22-24-9-16(34-22)21(33)25-19-14(23)5-6-15-18(19)13(2)27-28-15/h5-6,9-10H,3-4,7-8,11H2,1-2H3,(H,25,33)(H,27,28)(H,24,26,29). The van der Waals surface area contributed by atoms with Gasteiger partial charge in [-0.3, -0.25) is 19.4 Å². The minimum absolute atomic E-state index is 0.0508. The molecule has 1 aliphatic heterocycles. The summed E-state index contributed by atoms with van der Waals surface area (Å²) in [6, 6.07) is 2.82. The molecule has 0 radical (unpaired) electrons. The van der Waals surface area contributed by atoms with Gasteiger partial charge in [-0.25, -0.2) is 9.37 Å². The van der Waals surface area contributed by atoms with Gasteiger partial charge in [-0.15, -0.1) is 0 Å². The topological polar surface area (TPSA) is 121 Å². The Kier molecular flexibility index (Phi) is 5.74. The summed E-state index contributed by atoms with van der Waals surface area (Å²) in [6.07, 6.45) is 5.31. The maximum absolute atomic E-state index is 14.5. The maximum atomic E-state index is 14.5. The summed E-state index contributed by atoms with van der Waals surface area (Å²) in [6.45, 7) is 5.42. The van der Waals surface area contributed by atoms with Gasteiger partial charge in [0.25, 0.3) is 5.91 Å². The Morgan fingerprint density at radius 2 is 2.03 bits per heavy atom. The van der Waals surface area contributed by atoms with Crippen molar-refractivity contribution in [2.45, 2.75) is 33.2 Å². The molecule has 12 heteroatoms. The zero-order valence-corrected chi connectivity index (χ0v) is 19.5. The number of anilines is 3. The largest absolute Gasteiger partial charge is 0.341 e. The smallest absolute Gasteiger partial charge is 0.267 e. The summed E-state index contributed by atoms with van der Waals surface area (Å²) in [7, 11) is 0. The SMILES string of the molecule is Cc1cn(CC(=O)N2CCCC2)nc1Nc1ncc(C(=O)Nc2c(F)ccc3n[nH]c(C)c23)s1. The highest BCUT2D eigenvalue weighted by molar-refractivity contribution is 7.17. The number of likely N-dealkylation sites (tertiary alicyclic amines) is 1. The van der Waals surface area contributed by atoms with Crippen molar-refractivity contribution in [1.29, 1.82) is 0 Å². The van der Waals surface area contributed by atoms with Gasteiger partial charge in [0.2, 0.25) is 5.91 Å². The number of nitrogens with one attached hydrogen (secondary N) is 3. The molecule has 0 aliphatic carbocycles. The van der Waals surface area contributed by atoms with Gasteiger partial charge in [-0.05, 0) is 38.8 Å². The first-order chi connectivity index (χ1) is 16.4. The van der Waals surface area contributed by atoms with Crippen molar-refractivity contribution in [2.75, 3.05) is 23.7 Å². The van der Waals surface area contributed by atoms with Crippen molar-refractivity contribution in [3.8, 4) is 0 Å². The molecule has 34 heavy (non-hydrogen) atoms. The number of hydrogen-bond donors (Lipinski definition) is 3. The zero-order chi connectivity index (χ0) is 23.8. The minimum Gasteiger partial charge on any atom is -0.341 e. The molecule has 0 atom stereocenters. The summed E-state index contributed by atoms with van der Waals surface area (Å²) < 4.78 is 16.1. The highest BCUT2D eigenvalue weighted by atomic mass is 32.1. The van der Waals surface area contributed by atoms with E-state index in [0.717, 1.165) is 42.8 Å². The van der Waals surface area contributed by atoms with Crippen LogP contribution in [0.1, 0.15) is 33.8 Å². The number of hydrogen-bond acceptors (Lipinski definition) is 7. The van der Waals surface area contributed by atoms with E-state index >= 15 is 0 Å². The summed E-state index contributed by atoms with van der Waals surface area (Å²) in [5, 5.41) is 18.1. The van der Waals surface area contributed by atoms with E-state index in [1.54, 1.807) is 23.9 Å². The number of halogens is 1. The molecule has 1 saturated heterocycles. The quantitative estimate of drug-likeness (QED) is 0.386. The molecule has 176 valence electrons. The third-order valence-electron chi connectivity index (χ3n) is 5.75. The molecule has 1 aromatic carbocycles. The van der Waals surface area contributed by atoms with E-state index in [1.165, 1.54) is 12.3 Å². The lowest BCUT2D eigenvalue weighted by Crippen LogP contribution is -2.31. The van der Waals surface area contributed by atoms with Crippen LogP contribution in [0.15, 0.2) is 24.5 Å². The number of H-pyrrole nitrogens is 1. The Morgan fingerprint density at radius 1 is 1.24 bits per heavy atom. The molecular weight excluding hydrogens is 459 g/mol. The molecule has 3 N–H and O–H groups in total. The molecule has 2 amide bonds. The number of fused-ring (bicyclic) bond motifs is 1. The molecule has 4 heterocycles. The minimum atomic E-state index is -0.544. The molecule has 0 unspecified atom stereocenters. The Morgan fingerprint density at radius 3 is 2.82 bits per heavy atom. The average molecular weight is 483 g/mol. The van der Waals surface area contributed by atoms with Crippen LogP contribution in [0.2, 0.25) is 0 Å². The lowest BCUT2D eigenvalue weighted by atomic mass is 10.1. The van der Waals surface area contributed by atoms with Crippen LogP contribution in [0.5, 0.6) is 0 Å². The van der Waals surface area contributed by atoms with Crippen LogP contribution in [-0.4, -0.2) is 54.8 Å². The first kappa shape index (κ1) is 22.0. The third kappa shape index (κ3) is 4.23. The fourth-order valence-electron chi connectivity index (χ4n) is 4.01. The molecule has 3 aromatic heterocycles. The summed E-state index contributed by atoms with van der Waals surface area (Å²) in [5.74, 6) is -0.413. The normalized spacial score (nSPS) is 13.6. The van der Waals surface area contributed by atoms with Gasteiger partial charge in [0, 0.05) is 35.9 Å². The van der Waals surface area contributed by atoms with Crippen molar-refractivity contribution < 1.29 is 14.0 Å². The van der Waals surface area contributed by atoms with Gasteiger partial charge < -0.3 is 15.5 Å². The second kappa shape index (κ2) is 8.86. The molecular formula is C22H23FN8O2S. The lowest BCUT2D eigenvalue weighted by molar-refractivity contribution is -0.130. The highest BCUT2D eigenvalue weighted by Gasteiger charge is 2.20.